The molecule has 3 heterocycles. The predicted octanol–water partition coefficient (Wildman–Crippen LogP) is 1.90. The molecule has 0 fully saturated rings. The highest BCUT2D eigenvalue weighted by atomic mass is 35.5. The number of hydrogen-bond acceptors (Lipinski definition) is 5. The third-order valence-electron chi connectivity index (χ3n) is 5.53. The number of aromatic nitrogens is 2. The lowest BCUT2D eigenvalue weighted by Gasteiger charge is -2.16. The fourth-order valence-corrected chi connectivity index (χ4v) is 4.22. The summed E-state index contributed by atoms with van der Waals surface area (Å²) in [5, 5.41) is 2.20. The highest BCUT2D eigenvalue weighted by Gasteiger charge is 2.25. The van der Waals surface area contributed by atoms with E-state index in [9.17, 15) is 14.4 Å². The van der Waals surface area contributed by atoms with Crippen LogP contribution >= 0.6 is 12.4 Å². The van der Waals surface area contributed by atoms with Gasteiger partial charge in [0, 0.05) is 30.3 Å². The summed E-state index contributed by atoms with van der Waals surface area (Å²) in [6, 6.07) is 9.00. The average molecular weight is 414 g/mol. The first kappa shape index (κ1) is 19.4. The summed E-state index contributed by atoms with van der Waals surface area (Å²) in [4.78, 5) is 40.4. The number of nitrogens with zero attached hydrogens (tertiary/aromatic N) is 3. The number of cyclic esters (lactones) is 1. The van der Waals surface area contributed by atoms with E-state index in [0.29, 0.717) is 42.6 Å². The Labute approximate surface area is 171 Å². The summed E-state index contributed by atoms with van der Waals surface area (Å²) in [7, 11) is 3.81. The lowest BCUT2D eigenvalue weighted by molar-refractivity contribution is 0.0481. The lowest BCUT2D eigenvalue weighted by Crippen LogP contribution is -2.39. The van der Waals surface area contributed by atoms with Gasteiger partial charge in [0.2, 0.25) is 0 Å². The Morgan fingerprint density at radius 2 is 1.83 bits per heavy atom. The molecule has 0 atom stereocenters. The van der Waals surface area contributed by atoms with Crippen LogP contribution in [0.3, 0.4) is 0 Å². The minimum atomic E-state index is -0.344. The Morgan fingerprint density at radius 1 is 1.07 bits per heavy atom. The smallest absolute Gasteiger partial charge is 0.338 e. The van der Waals surface area contributed by atoms with Gasteiger partial charge in [-0.3, -0.25) is 13.8 Å². The third kappa shape index (κ3) is 2.65. The molecule has 1 aliphatic rings. The number of benzene rings is 2. The molecule has 29 heavy (non-hydrogen) atoms. The van der Waals surface area contributed by atoms with E-state index in [-0.39, 0.29) is 29.6 Å². The second-order valence-electron chi connectivity index (χ2n) is 7.45. The number of ether oxygens (including phenoxy) is 1. The van der Waals surface area contributed by atoms with E-state index >= 15 is 0 Å². The summed E-state index contributed by atoms with van der Waals surface area (Å²) >= 11 is 0. The number of rotatable bonds is 3. The minimum Gasteiger partial charge on any atom is -0.462 e. The first-order valence-electron chi connectivity index (χ1n) is 9.26. The van der Waals surface area contributed by atoms with E-state index in [2.05, 4.69) is 0 Å². The Balaban J connectivity index is 0.00000205. The van der Waals surface area contributed by atoms with E-state index in [1.807, 2.05) is 31.1 Å². The molecule has 2 aromatic carbocycles. The molecule has 0 radical (unpaired) electrons. The van der Waals surface area contributed by atoms with Crippen molar-refractivity contribution in [3.8, 4) is 0 Å². The van der Waals surface area contributed by atoms with E-state index in [0.717, 1.165) is 21.9 Å². The van der Waals surface area contributed by atoms with E-state index in [4.69, 9.17) is 4.74 Å². The van der Waals surface area contributed by atoms with Crippen molar-refractivity contribution in [1.82, 2.24) is 13.9 Å². The molecule has 7 nitrogen and oxygen atoms in total. The molecule has 0 spiro atoms. The van der Waals surface area contributed by atoms with Crippen LogP contribution in [0.15, 0.2) is 39.9 Å². The third-order valence-corrected chi connectivity index (χ3v) is 5.53. The Kier molecular flexibility index (Phi) is 4.59. The summed E-state index contributed by atoms with van der Waals surface area (Å²) in [6.07, 6.45) is 0.592. The van der Waals surface area contributed by atoms with Gasteiger partial charge in [0.1, 0.15) is 0 Å². The van der Waals surface area contributed by atoms with Gasteiger partial charge in [0.15, 0.2) is 0 Å². The molecule has 8 heteroatoms. The normalized spacial score (nSPS) is 13.8. The van der Waals surface area contributed by atoms with Crippen molar-refractivity contribution >= 4 is 45.6 Å². The van der Waals surface area contributed by atoms with Gasteiger partial charge in [-0.15, -0.1) is 12.4 Å². The van der Waals surface area contributed by atoms with Crippen molar-refractivity contribution in [2.75, 3.05) is 27.2 Å². The van der Waals surface area contributed by atoms with Crippen LogP contribution in [-0.4, -0.2) is 47.1 Å². The predicted molar refractivity (Wildman–Crippen MR) is 114 cm³/mol. The highest BCUT2D eigenvalue weighted by molar-refractivity contribution is 6.16. The monoisotopic (exact) mass is 413 g/mol. The number of halogens is 1. The summed E-state index contributed by atoms with van der Waals surface area (Å²) in [6.45, 7) is 1.22. The molecule has 150 valence electrons. The molecule has 0 unspecified atom stereocenters. The van der Waals surface area contributed by atoms with Gasteiger partial charge in [0.25, 0.3) is 5.56 Å². The fourth-order valence-electron chi connectivity index (χ4n) is 4.22. The van der Waals surface area contributed by atoms with Gasteiger partial charge in [0.05, 0.1) is 28.6 Å². The number of esters is 1. The van der Waals surface area contributed by atoms with Crippen LogP contribution in [0.25, 0.3) is 27.2 Å². The Bertz CT molecular complexity index is 1390. The molecule has 5 rings (SSSR count). The second kappa shape index (κ2) is 6.86. The number of hydrogen-bond donors (Lipinski definition) is 0. The number of carbonyl (C=O) groups excluding carboxylic acids is 1. The van der Waals surface area contributed by atoms with Crippen molar-refractivity contribution in [3.63, 3.8) is 0 Å². The van der Waals surface area contributed by atoms with Gasteiger partial charge in [-0.25, -0.2) is 9.59 Å². The van der Waals surface area contributed by atoms with Gasteiger partial charge in [-0.05, 0) is 37.9 Å². The number of carbonyl (C=O) groups is 1. The van der Waals surface area contributed by atoms with Crippen molar-refractivity contribution < 1.29 is 9.53 Å². The SMILES string of the molecule is CN(C)CCn1c(=O)c2cccc3c4c5c(ccc4n(c1=O)c23)C(=O)OCC5.Cl. The molecular formula is C21H20ClN3O4. The Morgan fingerprint density at radius 3 is 2.59 bits per heavy atom. The molecule has 0 N–H and O–H groups in total. The summed E-state index contributed by atoms with van der Waals surface area (Å²) < 4.78 is 8.09. The molecular weight excluding hydrogens is 394 g/mol. The average Bonchev–Trinajstić information content (AvgIpc) is 3.02. The topological polar surface area (TPSA) is 73.0 Å². The number of likely N-dealkylation sites (N-methyl/N-ethyl adjacent to an activating group) is 1. The van der Waals surface area contributed by atoms with Crippen LogP contribution in [0.2, 0.25) is 0 Å². The van der Waals surface area contributed by atoms with Crippen LogP contribution in [0, 0.1) is 0 Å². The van der Waals surface area contributed by atoms with E-state index in [1.54, 1.807) is 22.6 Å². The molecule has 0 saturated carbocycles. The van der Waals surface area contributed by atoms with Gasteiger partial charge in [-0.2, -0.15) is 0 Å². The number of para-hydroxylation sites is 1. The minimum absolute atomic E-state index is 0. The second-order valence-corrected chi connectivity index (χ2v) is 7.45. The zero-order valence-electron chi connectivity index (χ0n) is 16.1. The number of fused-ring (bicyclic) bond motifs is 5. The zero-order valence-corrected chi connectivity index (χ0v) is 16.9. The first-order chi connectivity index (χ1) is 13.5. The summed E-state index contributed by atoms with van der Waals surface area (Å²) in [5.41, 5.74) is 2.15. The molecule has 0 bridgehead atoms. The van der Waals surface area contributed by atoms with Crippen LogP contribution in [0.5, 0.6) is 0 Å². The maximum Gasteiger partial charge on any atom is 0.338 e. The fraction of sp³-hybridized carbons (Fsp3) is 0.286. The van der Waals surface area contributed by atoms with Crippen LogP contribution in [-0.2, 0) is 17.7 Å². The van der Waals surface area contributed by atoms with E-state index in [1.165, 1.54) is 4.57 Å². The highest BCUT2D eigenvalue weighted by Crippen LogP contribution is 2.35. The van der Waals surface area contributed by atoms with Gasteiger partial charge < -0.3 is 9.64 Å². The maximum absolute atomic E-state index is 13.3. The van der Waals surface area contributed by atoms with Crippen molar-refractivity contribution in [1.29, 1.82) is 0 Å². The Hall–Kier alpha value is -2.90. The molecule has 0 aliphatic carbocycles. The standard InChI is InChI=1S/C21H19N3O4.ClH/c1-22(2)9-10-23-19(25)15-5-3-4-14-17-12-8-11-28-20(26)13(12)6-7-16(17)24(18(14)15)21(23)27;/h3-7H,8-11H2,1-2H3;1H. The molecule has 1 aliphatic heterocycles. The van der Waals surface area contributed by atoms with Gasteiger partial charge in [-0.1, -0.05) is 12.1 Å². The summed E-state index contributed by atoms with van der Waals surface area (Å²) in [5.74, 6) is -0.343. The largest absolute Gasteiger partial charge is 0.462 e. The van der Waals surface area contributed by atoms with E-state index < -0.39 is 0 Å². The lowest BCUT2D eigenvalue weighted by atomic mass is 9.96. The van der Waals surface area contributed by atoms with Crippen LogP contribution in [0.1, 0.15) is 15.9 Å². The quantitative estimate of drug-likeness (QED) is 0.480. The van der Waals surface area contributed by atoms with Gasteiger partial charge >= 0.3 is 11.7 Å². The van der Waals surface area contributed by atoms with Crippen molar-refractivity contribution in [3.05, 3.63) is 62.3 Å². The molecule has 4 aromatic rings. The van der Waals surface area contributed by atoms with Crippen molar-refractivity contribution in [2.45, 2.75) is 13.0 Å². The molecule has 0 amide bonds. The molecule has 2 aromatic heterocycles. The molecule has 0 saturated heterocycles. The maximum atomic E-state index is 13.3. The van der Waals surface area contributed by atoms with Crippen LogP contribution in [0.4, 0.5) is 0 Å². The van der Waals surface area contributed by atoms with Crippen LogP contribution < -0.4 is 11.2 Å². The first-order valence-corrected chi connectivity index (χ1v) is 9.26. The van der Waals surface area contributed by atoms with Crippen molar-refractivity contribution in [2.24, 2.45) is 0 Å². The zero-order chi connectivity index (χ0) is 19.6.